The van der Waals surface area contributed by atoms with Crippen molar-refractivity contribution < 1.29 is 19.4 Å². The lowest BCUT2D eigenvalue weighted by atomic mass is 9.95. The molecule has 0 aliphatic heterocycles. The van der Waals surface area contributed by atoms with Gasteiger partial charge in [-0.1, -0.05) is 0 Å². The fraction of sp³-hybridized carbons (Fsp3) is 0.300. The lowest BCUT2D eigenvalue weighted by Crippen LogP contribution is -2.19. The topological polar surface area (TPSA) is 57.5 Å². The van der Waals surface area contributed by atoms with Gasteiger partial charge in [-0.2, -0.15) is 0 Å². The Balaban J connectivity index is 2.54. The Labute approximate surface area is 93.7 Å². The molecule has 0 bridgehead atoms. The summed E-state index contributed by atoms with van der Waals surface area (Å²) in [5.41, 5.74) is -0.733. The summed E-state index contributed by atoms with van der Waals surface area (Å²) in [6, 6.07) is 2.27. The molecule has 2 N–H and O–H groups in total. The predicted molar refractivity (Wildman–Crippen MR) is 54.3 cm³/mol. The van der Waals surface area contributed by atoms with Crippen LogP contribution in [0.15, 0.2) is 16.6 Å². The van der Waals surface area contributed by atoms with E-state index in [1.165, 1.54) is 6.07 Å². The van der Waals surface area contributed by atoms with Gasteiger partial charge in [0.15, 0.2) is 0 Å². The Hall–Kier alpha value is -1.10. The predicted octanol–water partition coefficient (Wildman–Crippen LogP) is 2.41. The summed E-state index contributed by atoms with van der Waals surface area (Å²) >= 11 is 2.97. The summed E-state index contributed by atoms with van der Waals surface area (Å²) in [5.74, 6) is -1.87. The third kappa shape index (κ3) is 1.51. The summed E-state index contributed by atoms with van der Waals surface area (Å²) in [6.07, 6.45) is 0.960. The van der Waals surface area contributed by atoms with E-state index in [2.05, 4.69) is 15.9 Å². The molecule has 3 nitrogen and oxygen atoms in total. The first-order valence-corrected chi connectivity index (χ1v) is 5.18. The van der Waals surface area contributed by atoms with E-state index >= 15 is 0 Å². The molecule has 0 radical (unpaired) electrons. The number of carboxylic acids is 1. The average Bonchev–Trinajstić information content (AvgIpc) is 2.92. The molecular weight excluding hydrogens is 267 g/mol. The maximum atomic E-state index is 13.0. The molecule has 5 heteroatoms. The van der Waals surface area contributed by atoms with Gasteiger partial charge in [-0.25, -0.2) is 4.39 Å². The Morgan fingerprint density at radius 1 is 1.47 bits per heavy atom. The molecule has 0 spiro atoms. The van der Waals surface area contributed by atoms with Gasteiger partial charge < -0.3 is 10.2 Å². The van der Waals surface area contributed by atoms with Gasteiger partial charge in [0.1, 0.15) is 11.6 Å². The standard InChI is InChI=1S/C10H8BrFO3/c11-6-3-5(8(13)4-7(6)12)10(1-2-10)9(14)15/h3-4,13H,1-2H2,(H,14,15). The van der Waals surface area contributed by atoms with Crippen molar-refractivity contribution in [3.63, 3.8) is 0 Å². The summed E-state index contributed by atoms with van der Waals surface area (Å²) < 4.78 is 13.2. The Morgan fingerprint density at radius 2 is 2.07 bits per heavy atom. The second-order valence-electron chi connectivity index (χ2n) is 3.67. The molecule has 1 aromatic rings. The first-order valence-electron chi connectivity index (χ1n) is 4.39. The number of hydrogen-bond donors (Lipinski definition) is 2. The van der Waals surface area contributed by atoms with Gasteiger partial charge in [0, 0.05) is 11.6 Å². The monoisotopic (exact) mass is 274 g/mol. The number of phenolic OH excluding ortho intramolecular Hbond substituents is 1. The van der Waals surface area contributed by atoms with Crippen LogP contribution in [0.3, 0.4) is 0 Å². The molecule has 1 aliphatic rings. The number of phenols is 1. The second-order valence-corrected chi connectivity index (χ2v) is 4.53. The highest BCUT2D eigenvalue weighted by atomic mass is 79.9. The molecule has 0 amide bonds. The molecule has 1 fully saturated rings. The van der Waals surface area contributed by atoms with Crippen molar-refractivity contribution in [2.75, 3.05) is 0 Å². The maximum absolute atomic E-state index is 13.0. The summed E-state index contributed by atoms with van der Waals surface area (Å²) in [6.45, 7) is 0. The summed E-state index contributed by atoms with van der Waals surface area (Å²) in [7, 11) is 0. The highest BCUT2D eigenvalue weighted by molar-refractivity contribution is 9.10. The number of carboxylic acid groups (broad SMARTS) is 1. The van der Waals surface area contributed by atoms with Crippen LogP contribution >= 0.6 is 15.9 Å². The lowest BCUT2D eigenvalue weighted by molar-refractivity contribution is -0.140. The van der Waals surface area contributed by atoms with E-state index in [4.69, 9.17) is 5.11 Å². The van der Waals surface area contributed by atoms with Gasteiger partial charge in [0.25, 0.3) is 0 Å². The number of rotatable bonds is 2. The minimum atomic E-state index is -1.01. The molecule has 0 atom stereocenters. The van der Waals surface area contributed by atoms with E-state index in [0.717, 1.165) is 6.07 Å². The number of benzene rings is 1. The SMILES string of the molecule is O=C(O)C1(c2cc(Br)c(F)cc2O)CC1. The fourth-order valence-electron chi connectivity index (χ4n) is 1.64. The molecule has 0 unspecified atom stereocenters. The maximum Gasteiger partial charge on any atom is 0.314 e. The van der Waals surface area contributed by atoms with E-state index in [1.807, 2.05) is 0 Å². The van der Waals surface area contributed by atoms with Gasteiger partial charge >= 0.3 is 5.97 Å². The summed E-state index contributed by atoms with van der Waals surface area (Å²) in [5, 5.41) is 18.5. The quantitative estimate of drug-likeness (QED) is 0.871. The van der Waals surface area contributed by atoms with Crippen LogP contribution in [-0.4, -0.2) is 16.2 Å². The lowest BCUT2D eigenvalue weighted by Gasteiger charge is -2.12. The van der Waals surface area contributed by atoms with Crippen LogP contribution < -0.4 is 0 Å². The van der Waals surface area contributed by atoms with E-state index < -0.39 is 17.2 Å². The molecule has 0 saturated heterocycles. The van der Waals surface area contributed by atoms with Crippen molar-refractivity contribution in [1.82, 2.24) is 0 Å². The molecule has 80 valence electrons. The van der Waals surface area contributed by atoms with Crippen LogP contribution in [0.1, 0.15) is 18.4 Å². The molecule has 1 aromatic carbocycles. The van der Waals surface area contributed by atoms with Crippen LogP contribution in [0.5, 0.6) is 5.75 Å². The molecule has 1 saturated carbocycles. The number of carbonyl (C=O) groups is 1. The van der Waals surface area contributed by atoms with Crippen molar-refractivity contribution >= 4 is 21.9 Å². The second kappa shape index (κ2) is 3.20. The third-order valence-electron chi connectivity index (χ3n) is 2.71. The average molecular weight is 275 g/mol. The van der Waals surface area contributed by atoms with E-state index in [1.54, 1.807) is 0 Å². The zero-order valence-electron chi connectivity index (χ0n) is 7.63. The highest BCUT2D eigenvalue weighted by Gasteiger charge is 2.53. The Kier molecular flexibility index (Phi) is 2.22. The number of halogens is 2. The van der Waals surface area contributed by atoms with Gasteiger partial charge in [-0.05, 0) is 34.8 Å². The largest absolute Gasteiger partial charge is 0.508 e. The fourth-order valence-corrected chi connectivity index (χ4v) is 1.99. The van der Waals surface area contributed by atoms with Crippen LogP contribution in [0.25, 0.3) is 0 Å². The number of aromatic hydroxyl groups is 1. The molecule has 0 aromatic heterocycles. The van der Waals surface area contributed by atoms with Crippen molar-refractivity contribution in [2.45, 2.75) is 18.3 Å². The molecular formula is C10H8BrFO3. The normalized spacial score (nSPS) is 17.5. The van der Waals surface area contributed by atoms with E-state index in [0.29, 0.717) is 12.8 Å². The zero-order chi connectivity index (χ0) is 11.2. The number of aliphatic carboxylic acids is 1. The first kappa shape index (κ1) is 10.4. The van der Waals surface area contributed by atoms with Crippen LogP contribution in [0.4, 0.5) is 4.39 Å². The third-order valence-corrected chi connectivity index (χ3v) is 3.32. The van der Waals surface area contributed by atoms with Crippen molar-refractivity contribution in [1.29, 1.82) is 0 Å². The van der Waals surface area contributed by atoms with Crippen molar-refractivity contribution in [3.05, 3.63) is 28.0 Å². The van der Waals surface area contributed by atoms with Gasteiger partial charge in [-0.15, -0.1) is 0 Å². The van der Waals surface area contributed by atoms with Gasteiger partial charge in [-0.3, -0.25) is 4.79 Å². The summed E-state index contributed by atoms with van der Waals surface area (Å²) in [4.78, 5) is 11.0. The highest BCUT2D eigenvalue weighted by Crippen LogP contribution is 2.52. The van der Waals surface area contributed by atoms with E-state index in [-0.39, 0.29) is 15.8 Å². The molecule has 2 rings (SSSR count). The van der Waals surface area contributed by atoms with Crippen LogP contribution in [-0.2, 0) is 10.2 Å². The van der Waals surface area contributed by atoms with Crippen molar-refractivity contribution in [3.8, 4) is 5.75 Å². The smallest absolute Gasteiger partial charge is 0.314 e. The molecule has 0 heterocycles. The Morgan fingerprint density at radius 3 is 2.53 bits per heavy atom. The van der Waals surface area contributed by atoms with Gasteiger partial charge in [0.2, 0.25) is 0 Å². The van der Waals surface area contributed by atoms with E-state index in [9.17, 15) is 14.3 Å². The molecule has 15 heavy (non-hydrogen) atoms. The zero-order valence-corrected chi connectivity index (χ0v) is 9.21. The minimum absolute atomic E-state index is 0.169. The number of hydrogen-bond acceptors (Lipinski definition) is 2. The van der Waals surface area contributed by atoms with Crippen molar-refractivity contribution in [2.24, 2.45) is 0 Å². The minimum Gasteiger partial charge on any atom is -0.508 e. The Bertz CT molecular complexity index is 441. The van der Waals surface area contributed by atoms with Gasteiger partial charge in [0.05, 0.1) is 9.89 Å². The molecule has 1 aliphatic carbocycles. The first-order chi connectivity index (χ1) is 6.97. The van der Waals surface area contributed by atoms with Crippen LogP contribution in [0.2, 0.25) is 0 Å². The van der Waals surface area contributed by atoms with Crippen LogP contribution in [0, 0.1) is 5.82 Å².